The number of amides is 1. The van der Waals surface area contributed by atoms with E-state index in [-0.39, 0.29) is 5.91 Å². The molecule has 0 aliphatic carbocycles. The van der Waals surface area contributed by atoms with Crippen LogP contribution in [0.15, 0.2) is 54.7 Å². The van der Waals surface area contributed by atoms with Gasteiger partial charge in [-0.2, -0.15) is 0 Å². The van der Waals surface area contributed by atoms with Crippen molar-refractivity contribution in [2.75, 3.05) is 12.3 Å². The molecule has 1 amide bonds. The number of nitrogens with zero attached hydrogens (tertiary/aromatic N) is 1. The second kappa shape index (κ2) is 13.3. The molecule has 0 aliphatic rings. The van der Waals surface area contributed by atoms with Crippen molar-refractivity contribution < 1.29 is 9.00 Å². The van der Waals surface area contributed by atoms with Crippen LogP contribution in [0, 0.1) is 0 Å². The number of nitrogens with one attached hydrogen (secondary N) is 1. The number of benzene rings is 1. The van der Waals surface area contributed by atoms with Crippen LogP contribution in [0.5, 0.6) is 0 Å². The summed E-state index contributed by atoms with van der Waals surface area (Å²) in [5, 5.41) is 2.84. The molecule has 4 nitrogen and oxygen atoms in total. The van der Waals surface area contributed by atoms with Crippen LogP contribution in [0.2, 0.25) is 0 Å². The number of pyridine rings is 1. The third-order valence-electron chi connectivity index (χ3n) is 3.25. The molecule has 1 atom stereocenters. The number of carbonyl (C=O) groups excluding carboxylic acids is 1. The first kappa shape index (κ1) is 21.0. The molecule has 2 rings (SSSR count). The number of aromatic nitrogens is 1. The molecule has 0 aliphatic heterocycles. The van der Waals surface area contributed by atoms with Gasteiger partial charge in [-0.05, 0) is 30.5 Å². The van der Waals surface area contributed by atoms with Crippen molar-refractivity contribution in [3.05, 3.63) is 66.0 Å². The minimum Gasteiger partial charge on any atom is -0.356 e. The zero-order valence-corrected chi connectivity index (χ0v) is 15.9. The molecule has 1 N–H and O–H groups in total. The van der Waals surface area contributed by atoms with Crippen LogP contribution in [0.3, 0.4) is 0 Å². The lowest BCUT2D eigenvalue weighted by atomic mass is 10.1. The molecule has 1 heterocycles. The predicted molar refractivity (Wildman–Crippen MR) is 105 cm³/mol. The second-order valence-corrected chi connectivity index (χ2v) is 7.20. The van der Waals surface area contributed by atoms with E-state index in [0.717, 1.165) is 36.4 Å². The molecule has 0 saturated carbocycles. The van der Waals surface area contributed by atoms with Crippen molar-refractivity contribution in [3.8, 4) is 0 Å². The molecule has 1 unspecified atom stereocenters. The Bertz CT molecular complexity index is 618. The molecule has 1 aromatic carbocycles. The number of hydrogen-bond acceptors (Lipinski definition) is 3. The SMILES string of the molecule is CCCNC(=O)Cc1ccccc1.CCCS(=O)Cc1ccccn1. The highest BCUT2D eigenvalue weighted by atomic mass is 32.2. The van der Waals surface area contributed by atoms with Gasteiger partial charge in [0.1, 0.15) is 0 Å². The van der Waals surface area contributed by atoms with E-state index >= 15 is 0 Å². The first-order chi connectivity index (χ1) is 12.2. The van der Waals surface area contributed by atoms with E-state index in [1.54, 1.807) is 6.20 Å². The van der Waals surface area contributed by atoms with Crippen LogP contribution >= 0.6 is 0 Å². The molecule has 0 spiro atoms. The van der Waals surface area contributed by atoms with Gasteiger partial charge in [0.2, 0.25) is 5.91 Å². The molecular weight excluding hydrogens is 332 g/mol. The molecule has 0 bridgehead atoms. The topological polar surface area (TPSA) is 59.1 Å². The van der Waals surface area contributed by atoms with Crippen LogP contribution in [-0.4, -0.2) is 27.4 Å². The Labute approximate surface area is 153 Å². The van der Waals surface area contributed by atoms with E-state index in [0.29, 0.717) is 12.2 Å². The van der Waals surface area contributed by atoms with Crippen molar-refractivity contribution in [1.29, 1.82) is 0 Å². The van der Waals surface area contributed by atoms with Crippen LogP contribution in [0.1, 0.15) is 37.9 Å². The van der Waals surface area contributed by atoms with Crippen LogP contribution < -0.4 is 5.32 Å². The number of hydrogen-bond donors (Lipinski definition) is 1. The normalized spacial score (nSPS) is 11.1. The summed E-state index contributed by atoms with van der Waals surface area (Å²) < 4.78 is 11.3. The summed E-state index contributed by atoms with van der Waals surface area (Å²) in [6.07, 6.45) is 4.18. The molecule has 5 heteroatoms. The lowest BCUT2D eigenvalue weighted by Crippen LogP contribution is -2.25. The van der Waals surface area contributed by atoms with E-state index in [1.807, 2.05) is 62.4 Å². The lowest BCUT2D eigenvalue weighted by molar-refractivity contribution is -0.120. The molecule has 1 aromatic heterocycles. The molecule has 0 radical (unpaired) electrons. The van der Waals surface area contributed by atoms with Gasteiger partial charge in [0.15, 0.2) is 0 Å². The molecule has 25 heavy (non-hydrogen) atoms. The fourth-order valence-electron chi connectivity index (χ4n) is 2.06. The second-order valence-electron chi connectivity index (χ2n) is 5.62. The van der Waals surface area contributed by atoms with Crippen molar-refractivity contribution >= 4 is 16.7 Å². The largest absolute Gasteiger partial charge is 0.356 e. The lowest BCUT2D eigenvalue weighted by Gasteiger charge is -2.02. The minimum atomic E-state index is -0.734. The maximum absolute atomic E-state index is 11.3. The quantitative estimate of drug-likeness (QED) is 0.784. The maximum Gasteiger partial charge on any atom is 0.224 e. The van der Waals surface area contributed by atoms with Crippen molar-refractivity contribution in [3.63, 3.8) is 0 Å². The van der Waals surface area contributed by atoms with Crippen LogP contribution in [0.4, 0.5) is 0 Å². The zero-order chi connectivity index (χ0) is 18.3. The van der Waals surface area contributed by atoms with E-state index < -0.39 is 10.8 Å². The van der Waals surface area contributed by atoms with Crippen molar-refractivity contribution in [2.45, 2.75) is 38.9 Å². The Hall–Kier alpha value is -2.01. The molecule has 2 aromatic rings. The van der Waals surface area contributed by atoms with Gasteiger partial charge in [0.05, 0.1) is 17.9 Å². The fourth-order valence-corrected chi connectivity index (χ4v) is 3.16. The van der Waals surface area contributed by atoms with Crippen molar-refractivity contribution in [1.82, 2.24) is 10.3 Å². The Balaban J connectivity index is 0.000000251. The van der Waals surface area contributed by atoms with Gasteiger partial charge in [-0.3, -0.25) is 14.0 Å². The summed E-state index contributed by atoms with van der Waals surface area (Å²) in [5.74, 6) is 1.47. The summed E-state index contributed by atoms with van der Waals surface area (Å²) in [7, 11) is -0.734. The summed E-state index contributed by atoms with van der Waals surface area (Å²) in [5.41, 5.74) is 1.99. The maximum atomic E-state index is 11.3. The van der Waals surface area contributed by atoms with Crippen LogP contribution in [0.25, 0.3) is 0 Å². The molecule has 0 saturated heterocycles. The highest BCUT2D eigenvalue weighted by Crippen LogP contribution is 2.00. The van der Waals surface area contributed by atoms with E-state index in [2.05, 4.69) is 10.3 Å². The fraction of sp³-hybridized carbons (Fsp3) is 0.400. The first-order valence-corrected chi connectivity index (χ1v) is 10.2. The van der Waals surface area contributed by atoms with Gasteiger partial charge in [0.25, 0.3) is 0 Å². The Morgan fingerprint density at radius 3 is 2.36 bits per heavy atom. The van der Waals surface area contributed by atoms with E-state index in [4.69, 9.17) is 0 Å². The summed E-state index contributed by atoms with van der Waals surface area (Å²) >= 11 is 0. The number of carbonyl (C=O) groups is 1. The minimum absolute atomic E-state index is 0.105. The third-order valence-corrected chi connectivity index (χ3v) is 4.73. The van der Waals surface area contributed by atoms with Gasteiger partial charge in [-0.1, -0.05) is 50.2 Å². The van der Waals surface area contributed by atoms with Gasteiger partial charge in [0, 0.05) is 29.3 Å². The average Bonchev–Trinajstić information content (AvgIpc) is 2.62. The van der Waals surface area contributed by atoms with E-state index in [1.165, 1.54) is 0 Å². The van der Waals surface area contributed by atoms with Crippen molar-refractivity contribution in [2.24, 2.45) is 0 Å². The number of rotatable bonds is 8. The van der Waals surface area contributed by atoms with Gasteiger partial charge in [-0.15, -0.1) is 0 Å². The van der Waals surface area contributed by atoms with Crippen LogP contribution in [-0.2, 0) is 27.8 Å². The van der Waals surface area contributed by atoms with E-state index in [9.17, 15) is 9.00 Å². The monoisotopic (exact) mass is 360 g/mol. The summed E-state index contributed by atoms with van der Waals surface area (Å²) in [6.45, 7) is 4.85. The summed E-state index contributed by atoms with van der Waals surface area (Å²) in [4.78, 5) is 15.4. The Morgan fingerprint density at radius 1 is 1.04 bits per heavy atom. The highest BCUT2D eigenvalue weighted by molar-refractivity contribution is 7.84. The Kier molecular flexibility index (Phi) is 11.2. The molecule has 0 fully saturated rings. The van der Waals surface area contributed by atoms with Gasteiger partial charge in [-0.25, -0.2) is 0 Å². The highest BCUT2D eigenvalue weighted by Gasteiger charge is 2.00. The van der Waals surface area contributed by atoms with Gasteiger partial charge < -0.3 is 5.32 Å². The summed E-state index contributed by atoms with van der Waals surface area (Å²) in [6, 6.07) is 15.5. The first-order valence-electron chi connectivity index (χ1n) is 8.71. The molecular formula is C20H28N2O2S. The smallest absolute Gasteiger partial charge is 0.224 e. The third kappa shape index (κ3) is 10.5. The average molecular weight is 361 g/mol. The van der Waals surface area contributed by atoms with Gasteiger partial charge >= 0.3 is 0 Å². The standard InChI is InChI=1S/C11H15NO.C9H13NOS/c1-2-8-12-11(13)9-10-6-4-3-5-7-10;1-2-7-12(11)8-9-5-3-4-6-10-9/h3-7H,2,8-9H2,1H3,(H,12,13);3-6H,2,7-8H2,1H3. The molecule has 136 valence electrons. The zero-order valence-electron chi connectivity index (χ0n) is 15.1. The predicted octanol–water partition coefficient (Wildman–Crippen LogP) is 3.50. The Morgan fingerprint density at radius 2 is 1.76 bits per heavy atom.